The number of aromatic nitrogens is 3. The maximum Gasteiger partial charge on any atom is 0.162 e. The van der Waals surface area contributed by atoms with E-state index in [4.69, 9.17) is 4.99 Å². The SMILES string of the molecule is Cc1sc2c(c1C)C(c1ccc(I)cc1)=N[C@@H](C)c1nnc(C)n1-2. The van der Waals surface area contributed by atoms with E-state index in [0.29, 0.717) is 0 Å². The van der Waals surface area contributed by atoms with Crippen LogP contribution in [0.5, 0.6) is 0 Å². The van der Waals surface area contributed by atoms with Gasteiger partial charge in [0.15, 0.2) is 5.82 Å². The van der Waals surface area contributed by atoms with E-state index in [1.54, 1.807) is 11.3 Å². The van der Waals surface area contributed by atoms with E-state index >= 15 is 0 Å². The zero-order chi connectivity index (χ0) is 17.0. The number of fused-ring (bicyclic) bond motifs is 3. The van der Waals surface area contributed by atoms with Gasteiger partial charge in [-0.25, -0.2) is 0 Å². The van der Waals surface area contributed by atoms with Crippen molar-refractivity contribution >= 4 is 39.6 Å². The molecule has 0 bridgehead atoms. The molecule has 0 N–H and O–H groups in total. The molecule has 122 valence electrons. The quantitative estimate of drug-likeness (QED) is 0.504. The Morgan fingerprint density at radius 2 is 1.79 bits per heavy atom. The van der Waals surface area contributed by atoms with Gasteiger partial charge in [0, 0.05) is 19.6 Å². The molecule has 1 atom stereocenters. The summed E-state index contributed by atoms with van der Waals surface area (Å²) in [5, 5.41) is 9.86. The van der Waals surface area contributed by atoms with Crippen molar-refractivity contribution in [2.24, 2.45) is 4.99 Å². The maximum atomic E-state index is 5.04. The third-order valence-corrected chi connectivity index (χ3v) is 6.38. The van der Waals surface area contributed by atoms with E-state index in [1.807, 2.05) is 6.92 Å². The van der Waals surface area contributed by atoms with Gasteiger partial charge in [0.05, 0.1) is 5.71 Å². The Kier molecular flexibility index (Phi) is 3.84. The van der Waals surface area contributed by atoms with Gasteiger partial charge >= 0.3 is 0 Å². The van der Waals surface area contributed by atoms with Crippen LogP contribution in [0.1, 0.15) is 46.2 Å². The highest BCUT2D eigenvalue weighted by Gasteiger charge is 2.29. The van der Waals surface area contributed by atoms with Crippen LogP contribution in [0.4, 0.5) is 0 Å². The highest BCUT2D eigenvalue weighted by Crippen LogP contribution is 2.38. The lowest BCUT2D eigenvalue weighted by atomic mass is 10.00. The predicted octanol–water partition coefficient (Wildman–Crippen LogP) is 4.77. The molecule has 3 heterocycles. The van der Waals surface area contributed by atoms with Crippen LogP contribution in [-0.2, 0) is 0 Å². The number of hydrogen-bond donors (Lipinski definition) is 0. The van der Waals surface area contributed by atoms with E-state index in [-0.39, 0.29) is 6.04 Å². The molecule has 24 heavy (non-hydrogen) atoms. The summed E-state index contributed by atoms with van der Waals surface area (Å²) in [6.45, 7) is 8.45. The summed E-state index contributed by atoms with van der Waals surface area (Å²) in [4.78, 5) is 6.36. The van der Waals surface area contributed by atoms with Crippen LogP contribution in [0.3, 0.4) is 0 Å². The molecule has 0 radical (unpaired) electrons. The molecule has 2 aromatic heterocycles. The first-order valence-electron chi connectivity index (χ1n) is 7.83. The molecule has 0 unspecified atom stereocenters. The monoisotopic (exact) mass is 448 g/mol. The summed E-state index contributed by atoms with van der Waals surface area (Å²) >= 11 is 4.13. The highest BCUT2D eigenvalue weighted by molar-refractivity contribution is 14.1. The minimum Gasteiger partial charge on any atom is -0.273 e. The minimum absolute atomic E-state index is 0.0280. The molecule has 0 spiro atoms. The molecule has 6 heteroatoms. The van der Waals surface area contributed by atoms with Crippen molar-refractivity contribution in [2.45, 2.75) is 33.7 Å². The molecule has 1 aliphatic rings. The molecular formula is C18H17IN4S. The summed E-state index contributed by atoms with van der Waals surface area (Å²) in [6.07, 6.45) is 0. The van der Waals surface area contributed by atoms with Gasteiger partial charge in [-0.3, -0.25) is 9.56 Å². The second-order valence-corrected chi connectivity index (χ2v) is 8.51. The van der Waals surface area contributed by atoms with Crippen molar-refractivity contribution in [2.75, 3.05) is 0 Å². The first-order valence-corrected chi connectivity index (χ1v) is 9.73. The van der Waals surface area contributed by atoms with Crippen molar-refractivity contribution in [3.63, 3.8) is 0 Å². The molecule has 4 nitrogen and oxygen atoms in total. The van der Waals surface area contributed by atoms with Crippen molar-refractivity contribution < 1.29 is 0 Å². The van der Waals surface area contributed by atoms with Crippen molar-refractivity contribution in [1.29, 1.82) is 0 Å². The fourth-order valence-corrected chi connectivity index (χ4v) is 4.66. The van der Waals surface area contributed by atoms with Gasteiger partial charge in [-0.2, -0.15) is 0 Å². The smallest absolute Gasteiger partial charge is 0.162 e. The largest absolute Gasteiger partial charge is 0.273 e. The van der Waals surface area contributed by atoms with Gasteiger partial charge in [0.25, 0.3) is 0 Å². The second-order valence-electron chi connectivity index (χ2n) is 6.06. The lowest BCUT2D eigenvalue weighted by molar-refractivity contribution is 0.724. The third kappa shape index (κ3) is 2.35. The van der Waals surface area contributed by atoms with Crippen molar-refractivity contribution in [3.8, 4) is 5.00 Å². The van der Waals surface area contributed by atoms with E-state index in [0.717, 1.165) is 22.9 Å². The standard InChI is InChI=1S/C18H17IN4S/c1-9-11(3)24-18-15(9)16(13-5-7-14(19)8-6-13)20-10(2)17-22-21-12(4)23(17)18/h5-8,10H,1-4H3/t10-/m0/s1. The normalized spacial score (nSPS) is 16.4. The summed E-state index contributed by atoms with van der Waals surface area (Å²) in [5.74, 6) is 1.83. The number of thiophene rings is 1. The number of aryl methyl sites for hydroxylation is 2. The lowest BCUT2D eigenvalue weighted by Crippen LogP contribution is -2.07. The minimum atomic E-state index is -0.0280. The summed E-state index contributed by atoms with van der Waals surface area (Å²) < 4.78 is 3.40. The number of benzene rings is 1. The van der Waals surface area contributed by atoms with Gasteiger partial charge in [0.1, 0.15) is 16.9 Å². The molecule has 0 aliphatic carbocycles. The molecule has 4 rings (SSSR count). The molecule has 1 aliphatic heterocycles. The van der Waals surface area contributed by atoms with Gasteiger partial charge in [0.2, 0.25) is 0 Å². The van der Waals surface area contributed by atoms with E-state index in [2.05, 4.69) is 82.4 Å². The van der Waals surface area contributed by atoms with Crippen molar-refractivity contribution in [3.05, 3.63) is 61.1 Å². The van der Waals surface area contributed by atoms with E-state index in [9.17, 15) is 0 Å². The summed E-state index contributed by atoms with van der Waals surface area (Å²) in [5.41, 5.74) is 4.72. The number of rotatable bonds is 1. The molecule has 1 aromatic carbocycles. The Bertz CT molecular complexity index is 966. The van der Waals surface area contributed by atoms with Crippen LogP contribution in [-0.4, -0.2) is 20.5 Å². The van der Waals surface area contributed by atoms with E-state index < -0.39 is 0 Å². The second kappa shape index (κ2) is 5.77. The first-order chi connectivity index (χ1) is 11.5. The molecule has 0 saturated heterocycles. The van der Waals surface area contributed by atoms with Crippen LogP contribution in [0, 0.1) is 24.3 Å². The topological polar surface area (TPSA) is 43.1 Å². The molecule has 0 saturated carbocycles. The molecule has 3 aromatic rings. The Balaban J connectivity index is 2.04. The predicted molar refractivity (Wildman–Crippen MR) is 107 cm³/mol. The Labute approximate surface area is 158 Å². The van der Waals surface area contributed by atoms with Crippen LogP contribution in [0.2, 0.25) is 0 Å². The zero-order valence-electron chi connectivity index (χ0n) is 14.0. The van der Waals surface area contributed by atoms with Crippen molar-refractivity contribution in [1.82, 2.24) is 14.8 Å². The number of halogens is 1. The third-order valence-electron chi connectivity index (χ3n) is 4.47. The number of aliphatic imine (C=N–C) groups is 1. The average Bonchev–Trinajstić information content (AvgIpc) is 3.03. The summed E-state index contributed by atoms with van der Waals surface area (Å²) in [6, 6.07) is 8.55. The fraction of sp³-hybridized carbons (Fsp3) is 0.278. The molecule has 0 fully saturated rings. The van der Waals surface area contributed by atoms with Gasteiger partial charge in [-0.15, -0.1) is 21.5 Å². The first kappa shape index (κ1) is 16.0. The van der Waals surface area contributed by atoms with Crippen LogP contribution in [0.25, 0.3) is 5.00 Å². The number of nitrogens with zero attached hydrogens (tertiary/aromatic N) is 4. The Morgan fingerprint density at radius 3 is 2.50 bits per heavy atom. The van der Waals surface area contributed by atoms with Crippen LogP contribution in [0.15, 0.2) is 29.3 Å². The van der Waals surface area contributed by atoms with Gasteiger partial charge in [-0.05, 0) is 68.0 Å². The Morgan fingerprint density at radius 1 is 1.08 bits per heavy atom. The van der Waals surface area contributed by atoms with Crippen LogP contribution >= 0.6 is 33.9 Å². The lowest BCUT2D eigenvalue weighted by Gasteiger charge is -2.09. The molecular weight excluding hydrogens is 431 g/mol. The van der Waals surface area contributed by atoms with E-state index in [1.165, 1.54) is 24.6 Å². The average molecular weight is 448 g/mol. The van der Waals surface area contributed by atoms with Crippen LogP contribution < -0.4 is 0 Å². The summed E-state index contributed by atoms with van der Waals surface area (Å²) in [7, 11) is 0. The maximum absolute atomic E-state index is 5.04. The highest BCUT2D eigenvalue weighted by atomic mass is 127. The molecule has 0 amide bonds. The fourth-order valence-electron chi connectivity index (χ4n) is 3.09. The Hall–Kier alpha value is -1.54. The zero-order valence-corrected chi connectivity index (χ0v) is 16.9. The van der Waals surface area contributed by atoms with Gasteiger partial charge < -0.3 is 0 Å². The number of hydrogen-bond acceptors (Lipinski definition) is 4. The van der Waals surface area contributed by atoms with Gasteiger partial charge in [-0.1, -0.05) is 12.1 Å².